The van der Waals surface area contributed by atoms with Gasteiger partial charge in [0, 0.05) is 25.0 Å². The van der Waals surface area contributed by atoms with Crippen LogP contribution in [0.25, 0.3) is 0 Å². The molecule has 0 aliphatic carbocycles. The van der Waals surface area contributed by atoms with Gasteiger partial charge >= 0.3 is 6.03 Å². The molecule has 0 unspecified atom stereocenters. The second-order valence-electron chi connectivity index (χ2n) is 5.63. The summed E-state index contributed by atoms with van der Waals surface area (Å²) in [5.41, 5.74) is 1.15. The SMILES string of the molecule is CC(C)[C@H](C)n1nccc1NC(=O)NCCc1ccncc1. The van der Waals surface area contributed by atoms with Gasteiger partial charge in [0.1, 0.15) is 5.82 Å². The zero-order chi connectivity index (χ0) is 15.9. The number of carbonyl (C=O) groups excluding carboxylic acids is 1. The van der Waals surface area contributed by atoms with E-state index in [0.29, 0.717) is 18.3 Å². The fourth-order valence-corrected chi connectivity index (χ4v) is 2.05. The predicted molar refractivity (Wildman–Crippen MR) is 86.7 cm³/mol. The summed E-state index contributed by atoms with van der Waals surface area (Å²) < 4.78 is 1.84. The second kappa shape index (κ2) is 7.59. The van der Waals surface area contributed by atoms with Crippen molar-refractivity contribution >= 4 is 11.8 Å². The lowest BCUT2D eigenvalue weighted by atomic mass is 10.1. The Morgan fingerprint density at radius 3 is 2.59 bits per heavy atom. The van der Waals surface area contributed by atoms with E-state index in [1.807, 2.05) is 16.8 Å². The van der Waals surface area contributed by atoms with Crippen LogP contribution in [0.5, 0.6) is 0 Å². The Labute approximate surface area is 130 Å². The zero-order valence-corrected chi connectivity index (χ0v) is 13.3. The molecule has 1 atom stereocenters. The van der Waals surface area contributed by atoms with Crippen LogP contribution in [0, 0.1) is 5.92 Å². The Bertz CT molecular complexity index is 594. The molecule has 0 aliphatic rings. The Balaban J connectivity index is 1.84. The van der Waals surface area contributed by atoms with Crippen molar-refractivity contribution in [3.05, 3.63) is 42.4 Å². The van der Waals surface area contributed by atoms with Crippen LogP contribution in [0.4, 0.5) is 10.6 Å². The van der Waals surface area contributed by atoms with Crippen LogP contribution in [0.2, 0.25) is 0 Å². The Morgan fingerprint density at radius 1 is 1.18 bits per heavy atom. The minimum absolute atomic E-state index is 0.216. The van der Waals surface area contributed by atoms with Gasteiger partial charge in [-0.1, -0.05) is 13.8 Å². The second-order valence-corrected chi connectivity index (χ2v) is 5.63. The highest BCUT2D eigenvalue weighted by molar-refractivity contribution is 5.88. The van der Waals surface area contributed by atoms with Crippen molar-refractivity contribution in [1.82, 2.24) is 20.1 Å². The number of aromatic nitrogens is 3. The van der Waals surface area contributed by atoms with Crippen LogP contribution in [0.15, 0.2) is 36.8 Å². The molecule has 6 nitrogen and oxygen atoms in total. The van der Waals surface area contributed by atoms with Gasteiger partial charge in [0.25, 0.3) is 0 Å². The third-order valence-corrected chi connectivity index (χ3v) is 3.71. The number of pyridine rings is 1. The molecule has 0 bridgehead atoms. The summed E-state index contributed by atoms with van der Waals surface area (Å²) in [4.78, 5) is 15.9. The lowest BCUT2D eigenvalue weighted by Gasteiger charge is -2.19. The fourth-order valence-electron chi connectivity index (χ4n) is 2.05. The Kier molecular flexibility index (Phi) is 5.52. The number of nitrogens with zero attached hydrogens (tertiary/aromatic N) is 3. The number of urea groups is 1. The quantitative estimate of drug-likeness (QED) is 0.861. The van der Waals surface area contributed by atoms with Crippen molar-refractivity contribution in [2.45, 2.75) is 33.2 Å². The van der Waals surface area contributed by atoms with Crippen LogP contribution >= 0.6 is 0 Å². The number of anilines is 1. The molecule has 2 aromatic heterocycles. The third kappa shape index (κ3) is 4.31. The van der Waals surface area contributed by atoms with Gasteiger partial charge in [-0.3, -0.25) is 10.3 Å². The topological polar surface area (TPSA) is 71.8 Å². The summed E-state index contributed by atoms with van der Waals surface area (Å²) in [5.74, 6) is 1.15. The van der Waals surface area contributed by atoms with Crippen LogP contribution in [-0.2, 0) is 6.42 Å². The van der Waals surface area contributed by atoms with Crippen LogP contribution in [0.1, 0.15) is 32.4 Å². The minimum Gasteiger partial charge on any atom is -0.337 e. The highest BCUT2D eigenvalue weighted by atomic mass is 16.2. The largest absolute Gasteiger partial charge is 0.337 e. The summed E-state index contributed by atoms with van der Waals surface area (Å²) in [6.45, 7) is 6.92. The first-order valence-corrected chi connectivity index (χ1v) is 7.55. The number of nitrogens with one attached hydrogen (secondary N) is 2. The smallest absolute Gasteiger partial charge is 0.320 e. The van der Waals surface area contributed by atoms with Crippen molar-refractivity contribution in [3.63, 3.8) is 0 Å². The average molecular weight is 301 g/mol. The van der Waals surface area contributed by atoms with E-state index in [0.717, 1.165) is 12.0 Å². The maximum Gasteiger partial charge on any atom is 0.320 e. The van der Waals surface area contributed by atoms with Gasteiger partial charge in [-0.05, 0) is 37.0 Å². The Hall–Kier alpha value is -2.37. The molecule has 2 N–H and O–H groups in total. The minimum atomic E-state index is -0.216. The molecule has 2 amide bonds. The van der Waals surface area contributed by atoms with Crippen LogP contribution < -0.4 is 10.6 Å². The average Bonchev–Trinajstić information content (AvgIpc) is 2.95. The molecule has 0 saturated heterocycles. The summed E-state index contributed by atoms with van der Waals surface area (Å²) in [6.07, 6.45) is 5.98. The highest BCUT2D eigenvalue weighted by Gasteiger charge is 2.14. The summed E-state index contributed by atoms with van der Waals surface area (Å²) >= 11 is 0. The van der Waals surface area contributed by atoms with Crippen molar-refractivity contribution in [3.8, 4) is 0 Å². The van der Waals surface area contributed by atoms with Crippen LogP contribution in [0.3, 0.4) is 0 Å². The first-order valence-electron chi connectivity index (χ1n) is 7.55. The molecular formula is C16H23N5O. The molecule has 0 saturated carbocycles. The van der Waals surface area contributed by atoms with Crippen LogP contribution in [-0.4, -0.2) is 27.3 Å². The fraction of sp³-hybridized carbons (Fsp3) is 0.438. The molecule has 0 radical (unpaired) electrons. The van der Waals surface area contributed by atoms with Gasteiger partial charge in [0.05, 0.1) is 12.2 Å². The van der Waals surface area contributed by atoms with E-state index in [2.05, 4.69) is 41.5 Å². The van der Waals surface area contributed by atoms with Crippen molar-refractivity contribution < 1.29 is 4.79 Å². The normalized spacial score (nSPS) is 12.2. The predicted octanol–water partition coefficient (Wildman–Crippen LogP) is 2.86. The maximum atomic E-state index is 12.0. The molecule has 0 aromatic carbocycles. The standard InChI is InChI=1S/C16H23N5O/c1-12(2)13(3)21-15(7-11-19-21)20-16(22)18-10-6-14-4-8-17-9-5-14/h4-5,7-9,11-13H,6,10H2,1-3H3,(H2,18,20,22)/t13-/m0/s1. The van der Waals surface area contributed by atoms with E-state index in [1.165, 1.54) is 0 Å². The van der Waals surface area contributed by atoms with Gasteiger partial charge in [-0.25, -0.2) is 9.48 Å². The van der Waals surface area contributed by atoms with Gasteiger partial charge < -0.3 is 5.32 Å². The molecule has 22 heavy (non-hydrogen) atoms. The van der Waals surface area contributed by atoms with Crippen molar-refractivity contribution in [1.29, 1.82) is 0 Å². The van der Waals surface area contributed by atoms with Gasteiger partial charge in [0.15, 0.2) is 0 Å². The molecule has 0 aliphatic heterocycles. The van der Waals surface area contributed by atoms with E-state index >= 15 is 0 Å². The number of carbonyl (C=O) groups is 1. The van der Waals surface area contributed by atoms with E-state index in [9.17, 15) is 4.79 Å². The van der Waals surface area contributed by atoms with Crippen molar-refractivity contribution in [2.24, 2.45) is 5.92 Å². The molecule has 2 rings (SSSR count). The summed E-state index contributed by atoms with van der Waals surface area (Å²) in [6, 6.07) is 5.70. The van der Waals surface area contributed by atoms with Gasteiger partial charge in [0.2, 0.25) is 0 Å². The van der Waals surface area contributed by atoms with E-state index < -0.39 is 0 Å². The maximum absolute atomic E-state index is 12.0. The van der Waals surface area contributed by atoms with Gasteiger partial charge in [-0.15, -0.1) is 0 Å². The molecule has 6 heteroatoms. The molecule has 0 spiro atoms. The molecule has 118 valence electrons. The van der Waals surface area contributed by atoms with E-state index in [1.54, 1.807) is 24.7 Å². The summed E-state index contributed by atoms with van der Waals surface area (Å²) in [7, 11) is 0. The number of amides is 2. The van der Waals surface area contributed by atoms with Gasteiger partial charge in [-0.2, -0.15) is 5.10 Å². The highest BCUT2D eigenvalue weighted by Crippen LogP contribution is 2.20. The lowest BCUT2D eigenvalue weighted by Crippen LogP contribution is -2.31. The van der Waals surface area contributed by atoms with E-state index in [4.69, 9.17) is 0 Å². The molecular weight excluding hydrogens is 278 g/mol. The zero-order valence-electron chi connectivity index (χ0n) is 13.3. The molecule has 2 heterocycles. The first kappa shape index (κ1) is 16.0. The Morgan fingerprint density at radius 2 is 1.91 bits per heavy atom. The number of hydrogen-bond acceptors (Lipinski definition) is 3. The number of hydrogen-bond donors (Lipinski definition) is 2. The monoisotopic (exact) mass is 301 g/mol. The third-order valence-electron chi connectivity index (χ3n) is 3.71. The van der Waals surface area contributed by atoms with Crippen molar-refractivity contribution in [2.75, 3.05) is 11.9 Å². The first-order chi connectivity index (χ1) is 10.6. The molecule has 0 fully saturated rings. The molecule has 2 aromatic rings. The number of rotatable bonds is 6. The van der Waals surface area contributed by atoms with E-state index in [-0.39, 0.29) is 12.1 Å². The lowest BCUT2D eigenvalue weighted by molar-refractivity contribution is 0.251. The summed E-state index contributed by atoms with van der Waals surface area (Å²) in [5, 5.41) is 9.99.